The summed E-state index contributed by atoms with van der Waals surface area (Å²) in [6.07, 6.45) is 0. The van der Waals surface area contributed by atoms with Crippen molar-refractivity contribution in [2.45, 2.75) is 6.04 Å². The van der Waals surface area contributed by atoms with Gasteiger partial charge in [0.05, 0.1) is 43.5 Å². The number of hydrogen-bond donors (Lipinski definition) is 2. The van der Waals surface area contributed by atoms with E-state index < -0.39 is 28.4 Å². The minimum atomic E-state index is -0.997. The third-order valence-electron chi connectivity index (χ3n) is 5.02. The lowest BCUT2D eigenvalue weighted by atomic mass is 9.94. The molecule has 1 atom stereocenters. The summed E-state index contributed by atoms with van der Waals surface area (Å²) in [4.78, 5) is 37.6. The molecule has 1 saturated heterocycles. The number of nitrogens with zero attached hydrogens (tertiary/aromatic N) is 2. The summed E-state index contributed by atoms with van der Waals surface area (Å²) < 4.78 is 10.6. The minimum absolute atomic E-state index is 0.0129. The molecule has 1 fully saturated rings. The molecule has 2 aromatic rings. The number of hydrogen-bond acceptors (Lipinski definition) is 8. The molecule has 32 heavy (non-hydrogen) atoms. The number of carbonyl (C=O) groups excluding carboxylic acids is 2. The number of aliphatic hydroxyl groups is 2. The number of nitro groups is 1. The predicted octanol–water partition coefficient (Wildman–Crippen LogP) is 2.03. The van der Waals surface area contributed by atoms with Crippen molar-refractivity contribution in [2.24, 2.45) is 0 Å². The van der Waals surface area contributed by atoms with Crippen LogP contribution in [-0.4, -0.2) is 65.2 Å². The molecule has 0 radical (unpaired) electrons. The molecule has 1 heterocycles. The van der Waals surface area contributed by atoms with E-state index in [-0.39, 0.29) is 43.2 Å². The monoisotopic (exact) mass is 442 g/mol. The lowest BCUT2D eigenvalue weighted by Gasteiger charge is -2.26. The second kappa shape index (κ2) is 10.0. The molecule has 3 rings (SSSR count). The number of methoxy groups -OCH3 is 1. The van der Waals surface area contributed by atoms with Crippen LogP contribution in [0.3, 0.4) is 0 Å². The Morgan fingerprint density at radius 1 is 1.16 bits per heavy atom. The van der Waals surface area contributed by atoms with E-state index in [1.807, 2.05) is 0 Å². The molecule has 1 amide bonds. The van der Waals surface area contributed by atoms with Crippen molar-refractivity contribution in [3.63, 3.8) is 0 Å². The molecule has 168 valence electrons. The number of ether oxygens (including phenoxy) is 2. The van der Waals surface area contributed by atoms with Crippen molar-refractivity contribution in [3.8, 4) is 5.75 Å². The number of aliphatic hydroxyl groups excluding tert-OH is 2. The fraction of sp³-hybridized carbons (Fsp3) is 0.273. The Bertz CT molecular complexity index is 1070. The SMILES string of the molecule is COc1ccccc1[C@H]1C(=C(O)c2cccc([N+](=O)[O-])c2)C(=O)C(=O)N1CCOCCO. The van der Waals surface area contributed by atoms with E-state index in [4.69, 9.17) is 14.6 Å². The van der Waals surface area contributed by atoms with Gasteiger partial charge in [-0.15, -0.1) is 0 Å². The molecular formula is C22H22N2O8. The van der Waals surface area contributed by atoms with Crippen LogP contribution in [0.25, 0.3) is 5.76 Å². The standard InChI is InChI=1S/C22H22N2O8/c1-31-17-8-3-2-7-16(17)19-18(20(26)14-5-4-6-15(13-14)24(29)30)21(27)22(28)23(19)9-11-32-12-10-25/h2-8,13,19,25-26H,9-12H2,1H3/t19-/m0/s1. The maximum Gasteiger partial charge on any atom is 0.295 e. The molecule has 0 aliphatic carbocycles. The topological polar surface area (TPSA) is 139 Å². The van der Waals surface area contributed by atoms with Gasteiger partial charge in [-0.05, 0) is 6.07 Å². The highest BCUT2D eigenvalue weighted by molar-refractivity contribution is 6.46. The van der Waals surface area contributed by atoms with E-state index in [0.717, 1.165) is 6.07 Å². The van der Waals surface area contributed by atoms with E-state index in [2.05, 4.69) is 0 Å². The van der Waals surface area contributed by atoms with Crippen LogP contribution in [0.4, 0.5) is 5.69 Å². The Kier molecular flexibility index (Phi) is 7.18. The van der Waals surface area contributed by atoms with Gasteiger partial charge in [-0.1, -0.05) is 30.3 Å². The van der Waals surface area contributed by atoms with Crippen molar-refractivity contribution in [3.05, 3.63) is 75.3 Å². The van der Waals surface area contributed by atoms with E-state index in [1.165, 1.54) is 30.2 Å². The molecular weight excluding hydrogens is 420 g/mol. The normalized spacial score (nSPS) is 17.6. The molecule has 0 bridgehead atoms. The summed E-state index contributed by atoms with van der Waals surface area (Å²) in [5.41, 5.74) is 0.0219. The van der Waals surface area contributed by atoms with Gasteiger partial charge in [-0.2, -0.15) is 0 Å². The number of para-hydroxylation sites is 1. The Balaban J connectivity index is 2.14. The van der Waals surface area contributed by atoms with Crippen molar-refractivity contribution in [1.82, 2.24) is 4.90 Å². The lowest BCUT2D eigenvalue weighted by Crippen LogP contribution is -2.33. The largest absolute Gasteiger partial charge is 0.507 e. The Labute approximate surface area is 183 Å². The minimum Gasteiger partial charge on any atom is -0.507 e. The second-order valence-corrected chi connectivity index (χ2v) is 6.88. The third-order valence-corrected chi connectivity index (χ3v) is 5.02. The number of carbonyl (C=O) groups is 2. The Morgan fingerprint density at radius 3 is 2.59 bits per heavy atom. The molecule has 0 unspecified atom stereocenters. The highest BCUT2D eigenvalue weighted by Gasteiger charge is 2.46. The molecule has 0 aromatic heterocycles. The fourth-order valence-electron chi connectivity index (χ4n) is 3.58. The number of non-ortho nitro benzene ring substituents is 1. The van der Waals surface area contributed by atoms with Crippen LogP contribution in [0.2, 0.25) is 0 Å². The Morgan fingerprint density at radius 2 is 1.91 bits per heavy atom. The first-order valence-electron chi connectivity index (χ1n) is 9.75. The maximum absolute atomic E-state index is 13.0. The van der Waals surface area contributed by atoms with Crippen LogP contribution < -0.4 is 4.74 Å². The summed E-state index contributed by atoms with van der Waals surface area (Å²) in [6, 6.07) is 10.9. The van der Waals surface area contributed by atoms with Crippen molar-refractivity contribution in [1.29, 1.82) is 0 Å². The molecule has 0 spiro atoms. The zero-order valence-corrected chi connectivity index (χ0v) is 17.3. The number of amides is 1. The smallest absolute Gasteiger partial charge is 0.295 e. The fourth-order valence-corrected chi connectivity index (χ4v) is 3.58. The molecule has 10 nitrogen and oxygen atoms in total. The van der Waals surface area contributed by atoms with Crippen LogP contribution >= 0.6 is 0 Å². The van der Waals surface area contributed by atoms with Gasteiger partial charge in [-0.25, -0.2) is 0 Å². The number of nitro benzene ring substituents is 1. The van der Waals surface area contributed by atoms with Crippen LogP contribution in [0.15, 0.2) is 54.1 Å². The van der Waals surface area contributed by atoms with Gasteiger partial charge >= 0.3 is 0 Å². The maximum atomic E-state index is 13.0. The highest BCUT2D eigenvalue weighted by Crippen LogP contribution is 2.42. The van der Waals surface area contributed by atoms with Crippen LogP contribution in [-0.2, 0) is 14.3 Å². The van der Waals surface area contributed by atoms with Crippen molar-refractivity contribution >= 4 is 23.1 Å². The summed E-state index contributed by atoms with van der Waals surface area (Å²) >= 11 is 0. The van der Waals surface area contributed by atoms with Gasteiger partial charge in [0.1, 0.15) is 11.5 Å². The average Bonchev–Trinajstić information content (AvgIpc) is 3.06. The highest BCUT2D eigenvalue weighted by atomic mass is 16.6. The van der Waals surface area contributed by atoms with Crippen LogP contribution in [0.1, 0.15) is 17.2 Å². The molecule has 2 N–H and O–H groups in total. The quantitative estimate of drug-likeness (QED) is 0.150. The first-order valence-corrected chi connectivity index (χ1v) is 9.75. The summed E-state index contributed by atoms with van der Waals surface area (Å²) in [5, 5.41) is 31.0. The van der Waals surface area contributed by atoms with E-state index in [1.54, 1.807) is 24.3 Å². The molecule has 1 aliphatic heterocycles. The molecule has 1 aliphatic rings. The average molecular weight is 442 g/mol. The number of ketones is 1. The van der Waals surface area contributed by atoms with Crippen molar-refractivity contribution in [2.75, 3.05) is 33.5 Å². The first kappa shape index (κ1) is 22.9. The summed E-state index contributed by atoms with van der Waals surface area (Å²) in [5.74, 6) is -1.90. The van der Waals surface area contributed by atoms with Gasteiger partial charge in [0.25, 0.3) is 17.4 Å². The van der Waals surface area contributed by atoms with Gasteiger partial charge < -0.3 is 24.6 Å². The van der Waals surface area contributed by atoms with Gasteiger partial charge in [0.15, 0.2) is 0 Å². The predicted molar refractivity (Wildman–Crippen MR) is 113 cm³/mol. The number of Topliss-reactive ketones (excluding diaryl/α,β-unsaturated/α-hetero) is 1. The molecule has 2 aromatic carbocycles. The third kappa shape index (κ3) is 4.46. The molecule has 10 heteroatoms. The van der Waals surface area contributed by atoms with Crippen LogP contribution in [0.5, 0.6) is 5.75 Å². The number of benzene rings is 2. The second-order valence-electron chi connectivity index (χ2n) is 6.88. The summed E-state index contributed by atoms with van der Waals surface area (Å²) in [7, 11) is 1.44. The lowest BCUT2D eigenvalue weighted by molar-refractivity contribution is -0.384. The number of rotatable bonds is 9. The first-order chi connectivity index (χ1) is 15.4. The van der Waals surface area contributed by atoms with Crippen molar-refractivity contribution < 1.29 is 34.2 Å². The molecule has 0 saturated carbocycles. The van der Waals surface area contributed by atoms with E-state index in [9.17, 15) is 24.8 Å². The number of likely N-dealkylation sites (tertiary alicyclic amines) is 1. The van der Waals surface area contributed by atoms with Crippen LogP contribution in [0, 0.1) is 10.1 Å². The Hall–Kier alpha value is -3.76. The van der Waals surface area contributed by atoms with Gasteiger partial charge in [-0.3, -0.25) is 19.7 Å². The van der Waals surface area contributed by atoms with Gasteiger partial charge in [0.2, 0.25) is 0 Å². The van der Waals surface area contributed by atoms with Gasteiger partial charge in [0, 0.05) is 29.8 Å². The zero-order chi connectivity index (χ0) is 23.3. The zero-order valence-electron chi connectivity index (χ0n) is 17.3. The summed E-state index contributed by atoms with van der Waals surface area (Å²) in [6.45, 7) is -0.0619. The van der Waals surface area contributed by atoms with E-state index >= 15 is 0 Å². The van der Waals surface area contributed by atoms with E-state index in [0.29, 0.717) is 11.3 Å².